The number of nitrogens with zero attached hydrogens (tertiary/aromatic N) is 2. The molecule has 0 aliphatic rings. The van der Waals surface area contributed by atoms with Crippen molar-refractivity contribution in [2.75, 3.05) is 0 Å². The quantitative estimate of drug-likeness (QED) is 0.551. The molecule has 0 aliphatic heterocycles. The average Bonchev–Trinajstić information content (AvgIpc) is 2.09. The lowest BCUT2D eigenvalue weighted by atomic mass is 9.97. The lowest BCUT2D eigenvalue weighted by molar-refractivity contribution is -0.172. The van der Waals surface area contributed by atoms with Gasteiger partial charge >= 0.3 is 7.82 Å². The number of hydroxylamine groups is 2. The third-order valence-corrected chi connectivity index (χ3v) is 2.50. The van der Waals surface area contributed by atoms with Crippen LogP contribution in [0, 0.1) is 11.3 Å². The highest BCUT2D eigenvalue weighted by Crippen LogP contribution is 2.41. The first-order valence-electron chi connectivity index (χ1n) is 5.01. The fraction of sp³-hybridized carbons (Fsp3) is 0.889. The first-order valence-corrected chi connectivity index (χ1v) is 6.55. The van der Waals surface area contributed by atoms with Gasteiger partial charge < -0.3 is 9.79 Å². The molecule has 0 aromatic heterocycles. The van der Waals surface area contributed by atoms with Crippen LogP contribution < -0.4 is 0 Å². The number of nitriles is 1. The van der Waals surface area contributed by atoms with Crippen molar-refractivity contribution in [3.05, 3.63) is 0 Å². The second kappa shape index (κ2) is 5.76. The smallest absolute Gasteiger partial charge is 0.302 e. The molecular weight excluding hydrogens is 231 g/mol. The second-order valence-corrected chi connectivity index (χ2v) is 5.61. The molecule has 6 nitrogen and oxygen atoms in total. The van der Waals surface area contributed by atoms with E-state index >= 15 is 0 Å². The zero-order chi connectivity index (χ0) is 13.0. The van der Waals surface area contributed by atoms with E-state index in [0.29, 0.717) is 12.8 Å². The summed E-state index contributed by atoms with van der Waals surface area (Å²) in [5.41, 5.74) is -0.606. The predicted octanol–water partition coefficient (Wildman–Crippen LogP) is 1.80. The molecule has 0 saturated carbocycles. The van der Waals surface area contributed by atoms with Crippen molar-refractivity contribution in [2.24, 2.45) is 0 Å². The maximum Gasteiger partial charge on any atom is 0.486 e. The molecule has 7 heteroatoms. The van der Waals surface area contributed by atoms with Gasteiger partial charge in [-0.25, -0.2) is 4.57 Å². The molecule has 0 heterocycles. The van der Waals surface area contributed by atoms with Gasteiger partial charge in [0.05, 0.1) is 6.07 Å². The SMILES string of the molecule is CC(C)N(OP(=O)(O)O)C(C)(C)CCC#N. The lowest BCUT2D eigenvalue weighted by Crippen LogP contribution is -2.47. The standard InChI is InChI=1S/C9H19N2O4P/c1-8(2)11(15-16(12,13)14)9(3,4)6-5-7-10/h8H,5-6H2,1-4H3,(H2,12,13,14). The zero-order valence-electron chi connectivity index (χ0n) is 10.0. The first kappa shape index (κ1) is 15.6. The number of hydrogen-bond donors (Lipinski definition) is 2. The molecule has 0 fully saturated rings. The average molecular weight is 250 g/mol. The Morgan fingerprint density at radius 3 is 2.31 bits per heavy atom. The Morgan fingerprint density at radius 2 is 2.00 bits per heavy atom. The highest BCUT2D eigenvalue weighted by Gasteiger charge is 2.34. The summed E-state index contributed by atoms with van der Waals surface area (Å²) < 4.78 is 15.5. The Labute approximate surface area is 96.0 Å². The van der Waals surface area contributed by atoms with E-state index in [1.807, 2.05) is 6.07 Å². The van der Waals surface area contributed by atoms with Crippen molar-refractivity contribution in [1.82, 2.24) is 5.06 Å². The van der Waals surface area contributed by atoms with Gasteiger partial charge in [-0.2, -0.15) is 14.9 Å². The molecule has 0 unspecified atom stereocenters. The lowest BCUT2D eigenvalue weighted by Gasteiger charge is -2.39. The van der Waals surface area contributed by atoms with E-state index in [2.05, 4.69) is 4.62 Å². The Morgan fingerprint density at radius 1 is 1.50 bits per heavy atom. The fourth-order valence-corrected chi connectivity index (χ4v) is 2.13. The van der Waals surface area contributed by atoms with E-state index in [-0.39, 0.29) is 6.04 Å². The van der Waals surface area contributed by atoms with Crippen molar-refractivity contribution in [1.29, 1.82) is 5.26 Å². The van der Waals surface area contributed by atoms with Gasteiger partial charge in [-0.1, -0.05) is 0 Å². The second-order valence-electron chi connectivity index (χ2n) is 4.46. The molecule has 0 saturated heterocycles. The highest BCUT2D eigenvalue weighted by molar-refractivity contribution is 7.46. The van der Waals surface area contributed by atoms with Crippen molar-refractivity contribution < 1.29 is 19.0 Å². The highest BCUT2D eigenvalue weighted by atomic mass is 31.2. The normalized spacial score (nSPS) is 13.2. The molecule has 0 rings (SSSR count). The van der Waals surface area contributed by atoms with Crippen LogP contribution in [-0.4, -0.2) is 26.4 Å². The van der Waals surface area contributed by atoms with Gasteiger partial charge in [-0.05, 0) is 34.1 Å². The molecule has 16 heavy (non-hydrogen) atoms. The minimum Gasteiger partial charge on any atom is -0.302 e. The molecule has 94 valence electrons. The topological polar surface area (TPSA) is 93.8 Å². The van der Waals surface area contributed by atoms with Crippen LogP contribution in [0.5, 0.6) is 0 Å². The van der Waals surface area contributed by atoms with Gasteiger partial charge in [0.2, 0.25) is 0 Å². The van der Waals surface area contributed by atoms with Crippen molar-refractivity contribution >= 4 is 7.82 Å². The van der Waals surface area contributed by atoms with Crippen LogP contribution in [-0.2, 0) is 9.19 Å². The van der Waals surface area contributed by atoms with Crippen molar-refractivity contribution in [2.45, 2.75) is 52.1 Å². The number of rotatable bonds is 6. The van der Waals surface area contributed by atoms with Gasteiger partial charge in [0.25, 0.3) is 0 Å². The number of hydrogen-bond acceptors (Lipinski definition) is 4. The molecule has 0 radical (unpaired) electrons. The van der Waals surface area contributed by atoms with E-state index in [1.165, 1.54) is 5.06 Å². The van der Waals surface area contributed by atoms with Crippen LogP contribution in [0.3, 0.4) is 0 Å². The van der Waals surface area contributed by atoms with Gasteiger partial charge in [0, 0.05) is 18.0 Å². The van der Waals surface area contributed by atoms with Crippen LogP contribution in [0.2, 0.25) is 0 Å². The molecular formula is C9H19N2O4P. The summed E-state index contributed by atoms with van der Waals surface area (Å²) in [7, 11) is -4.56. The Kier molecular flexibility index (Phi) is 5.60. The summed E-state index contributed by atoms with van der Waals surface area (Å²) in [5, 5.41) is 9.77. The van der Waals surface area contributed by atoms with Crippen LogP contribution in [0.15, 0.2) is 0 Å². The van der Waals surface area contributed by atoms with Gasteiger partial charge in [0.1, 0.15) is 0 Å². The Hall–Kier alpha value is -0.440. The largest absolute Gasteiger partial charge is 0.486 e. The minimum absolute atomic E-state index is 0.193. The summed E-state index contributed by atoms with van der Waals surface area (Å²) in [5.74, 6) is 0. The summed E-state index contributed by atoms with van der Waals surface area (Å²) >= 11 is 0. The molecule has 0 aromatic rings. The molecule has 0 atom stereocenters. The third-order valence-electron chi connectivity index (χ3n) is 2.11. The van der Waals surface area contributed by atoms with Crippen molar-refractivity contribution in [3.8, 4) is 6.07 Å². The van der Waals surface area contributed by atoms with E-state index < -0.39 is 13.4 Å². The molecule has 0 amide bonds. The number of phosphoric acid groups is 1. The minimum atomic E-state index is -4.56. The fourth-order valence-electron chi connectivity index (χ4n) is 1.49. The summed E-state index contributed by atoms with van der Waals surface area (Å²) in [6, 6.07) is 1.81. The van der Waals surface area contributed by atoms with Gasteiger partial charge in [0.15, 0.2) is 0 Å². The molecule has 0 aliphatic carbocycles. The van der Waals surface area contributed by atoms with Gasteiger partial charge in [-0.3, -0.25) is 0 Å². The summed E-state index contributed by atoms with van der Waals surface area (Å²) in [6.07, 6.45) is 0.780. The Bertz CT molecular complexity index is 305. The van der Waals surface area contributed by atoms with E-state index in [0.717, 1.165) is 0 Å². The van der Waals surface area contributed by atoms with Crippen molar-refractivity contribution in [3.63, 3.8) is 0 Å². The first-order chi connectivity index (χ1) is 7.10. The van der Waals surface area contributed by atoms with E-state index in [9.17, 15) is 4.57 Å². The van der Waals surface area contributed by atoms with E-state index in [4.69, 9.17) is 15.0 Å². The monoisotopic (exact) mass is 250 g/mol. The van der Waals surface area contributed by atoms with Gasteiger partial charge in [-0.15, -0.1) is 0 Å². The Balaban J connectivity index is 4.77. The summed E-state index contributed by atoms with van der Waals surface area (Å²) in [4.78, 5) is 17.6. The zero-order valence-corrected chi connectivity index (χ0v) is 10.9. The van der Waals surface area contributed by atoms with Crippen LogP contribution in [0.4, 0.5) is 0 Å². The molecule has 0 bridgehead atoms. The maximum atomic E-state index is 10.8. The summed E-state index contributed by atoms with van der Waals surface area (Å²) in [6.45, 7) is 7.09. The molecule has 0 spiro atoms. The third kappa shape index (κ3) is 5.59. The van der Waals surface area contributed by atoms with E-state index in [1.54, 1.807) is 27.7 Å². The predicted molar refractivity (Wildman–Crippen MR) is 59.0 cm³/mol. The molecule has 0 aromatic carbocycles. The maximum absolute atomic E-state index is 10.8. The molecule has 2 N–H and O–H groups in total. The van der Waals surface area contributed by atoms with Crippen LogP contribution in [0.1, 0.15) is 40.5 Å². The van der Waals surface area contributed by atoms with Crippen LogP contribution >= 0.6 is 7.82 Å². The van der Waals surface area contributed by atoms with Crippen LogP contribution in [0.25, 0.3) is 0 Å².